The SMILES string of the molecule is CC(C)CN(c1ccc(OCC(=O)O)cc1NC(=O)Nc1ccc(F)cc1)C1CCCCC1. The first-order valence-corrected chi connectivity index (χ1v) is 11.4. The molecule has 0 saturated heterocycles. The molecule has 0 atom stereocenters. The summed E-state index contributed by atoms with van der Waals surface area (Å²) in [6.45, 7) is 4.68. The van der Waals surface area contributed by atoms with Crippen LogP contribution in [0.3, 0.4) is 0 Å². The van der Waals surface area contributed by atoms with Crippen molar-refractivity contribution in [2.24, 2.45) is 5.92 Å². The Morgan fingerprint density at radius 1 is 1.09 bits per heavy atom. The van der Waals surface area contributed by atoms with Crippen LogP contribution in [-0.2, 0) is 4.79 Å². The zero-order valence-electron chi connectivity index (χ0n) is 19.1. The Morgan fingerprint density at radius 3 is 2.42 bits per heavy atom. The molecule has 1 aliphatic rings. The molecule has 178 valence electrons. The first-order chi connectivity index (χ1) is 15.8. The number of urea groups is 1. The van der Waals surface area contributed by atoms with Crippen LogP contribution >= 0.6 is 0 Å². The number of hydrogen-bond acceptors (Lipinski definition) is 4. The molecule has 0 bridgehead atoms. The largest absolute Gasteiger partial charge is 0.482 e. The van der Waals surface area contributed by atoms with E-state index in [4.69, 9.17) is 9.84 Å². The minimum Gasteiger partial charge on any atom is -0.482 e. The van der Waals surface area contributed by atoms with Crippen LogP contribution in [0, 0.1) is 11.7 Å². The van der Waals surface area contributed by atoms with Crippen molar-refractivity contribution in [3.63, 3.8) is 0 Å². The van der Waals surface area contributed by atoms with Crippen molar-refractivity contribution < 1.29 is 23.8 Å². The highest BCUT2D eigenvalue weighted by Crippen LogP contribution is 2.36. The van der Waals surface area contributed by atoms with E-state index in [1.807, 2.05) is 6.07 Å². The second kappa shape index (κ2) is 11.5. The Hall–Kier alpha value is -3.29. The number of benzene rings is 2. The number of halogens is 1. The summed E-state index contributed by atoms with van der Waals surface area (Å²) in [5.41, 5.74) is 1.86. The molecule has 33 heavy (non-hydrogen) atoms. The third kappa shape index (κ3) is 7.37. The lowest BCUT2D eigenvalue weighted by molar-refractivity contribution is -0.139. The molecule has 0 aliphatic heterocycles. The van der Waals surface area contributed by atoms with Gasteiger partial charge in [0.05, 0.1) is 11.4 Å². The molecule has 3 N–H and O–H groups in total. The van der Waals surface area contributed by atoms with Gasteiger partial charge in [-0.15, -0.1) is 0 Å². The molecule has 0 heterocycles. The second-order valence-corrected chi connectivity index (χ2v) is 8.79. The molecule has 0 spiro atoms. The average molecular weight is 458 g/mol. The van der Waals surface area contributed by atoms with Gasteiger partial charge in [-0.25, -0.2) is 14.0 Å². The van der Waals surface area contributed by atoms with Gasteiger partial charge in [0, 0.05) is 24.3 Å². The highest BCUT2D eigenvalue weighted by Gasteiger charge is 2.25. The third-order valence-electron chi connectivity index (χ3n) is 5.57. The summed E-state index contributed by atoms with van der Waals surface area (Å²) in [7, 11) is 0. The summed E-state index contributed by atoms with van der Waals surface area (Å²) in [4.78, 5) is 26.0. The number of carboxylic acids is 1. The van der Waals surface area contributed by atoms with E-state index in [0.717, 1.165) is 25.1 Å². The Bertz CT molecular complexity index is 943. The van der Waals surface area contributed by atoms with Crippen molar-refractivity contribution in [1.82, 2.24) is 0 Å². The Kier molecular flexibility index (Phi) is 8.52. The van der Waals surface area contributed by atoms with E-state index in [1.165, 1.54) is 43.5 Å². The van der Waals surface area contributed by atoms with E-state index < -0.39 is 18.6 Å². The molecule has 1 fully saturated rings. The molecule has 7 nitrogen and oxygen atoms in total. The maximum absolute atomic E-state index is 13.2. The third-order valence-corrected chi connectivity index (χ3v) is 5.57. The molecule has 0 unspecified atom stereocenters. The molecular formula is C25H32FN3O4. The van der Waals surface area contributed by atoms with Crippen molar-refractivity contribution in [2.75, 3.05) is 28.7 Å². The van der Waals surface area contributed by atoms with Crippen molar-refractivity contribution in [2.45, 2.75) is 52.0 Å². The van der Waals surface area contributed by atoms with E-state index >= 15 is 0 Å². The van der Waals surface area contributed by atoms with E-state index in [1.54, 1.807) is 12.1 Å². The molecule has 1 saturated carbocycles. The number of carboxylic acid groups (broad SMARTS) is 1. The number of amides is 2. The molecule has 8 heteroatoms. The summed E-state index contributed by atoms with van der Waals surface area (Å²) in [5, 5.41) is 14.5. The monoisotopic (exact) mass is 457 g/mol. The van der Waals surface area contributed by atoms with Crippen LogP contribution in [0.4, 0.5) is 26.2 Å². The van der Waals surface area contributed by atoms with Crippen LogP contribution in [0.15, 0.2) is 42.5 Å². The highest BCUT2D eigenvalue weighted by molar-refractivity contribution is 6.02. The molecule has 2 amide bonds. The van der Waals surface area contributed by atoms with Crippen LogP contribution in [0.2, 0.25) is 0 Å². The maximum atomic E-state index is 13.2. The number of aliphatic carboxylic acids is 1. The first kappa shape index (κ1) is 24.4. The Morgan fingerprint density at radius 2 is 1.79 bits per heavy atom. The maximum Gasteiger partial charge on any atom is 0.341 e. The van der Waals surface area contributed by atoms with Crippen molar-refractivity contribution in [3.05, 3.63) is 48.3 Å². The fourth-order valence-electron chi connectivity index (χ4n) is 4.15. The molecular weight excluding hydrogens is 425 g/mol. The number of nitrogens with one attached hydrogen (secondary N) is 2. The quantitative estimate of drug-likeness (QED) is 0.447. The molecule has 0 radical (unpaired) electrons. The van der Waals surface area contributed by atoms with Crippen molar-refractivity contribution >= 4 is 29.1 Å². The van der Waals surface area contributed by atoms with Gasteiger partial charge in [0.2, 0.25) is 0 Å². The lowest BCUT2D eigenvalue weighted by Gasteiger charge is -2.38. The Labute approximate surface area is 193 Å². The predicted molar refractivity (Wildman–Crippen MR) is 128 cm³/mol. The molecule has 2 aromatic rings. The van der Waals surface area contributed by atoms with E-state index in [-0.39, 0.29) is 5.82 Å². The fraction of sp³-hybridized carbons (Fsp3) is 0.440. The van der Waals surface area contributed by atoms with Gasteiger partial charge < -0.3 is 25.4 Å². The fourth-order valence-corrected chi connectivity index (χ4v) is 4.15. The number of hydrogen-bond donors (Lipinski definition) is 3. The normalized spacial score (nSPS) is 14.1. The standard InChI is InChI=1S/C25H32FN3O4/c1-17(2)15-29(20-6-4-3-5-7-20)23-13-12-21(33-16-24(30)31)14-22(23)28-25(32)27-19-10-8-18(26)9-11-19/h8-14,17,20H,3-7,15-16H2,1-2H3,(H,30,31)(H2,27,28,32). The first-order valence-electron chi connectivity index (χ1n) is 11.4. The highest BCUT2D eigenvalue weighted by atomic mass is 19.1. The van der Waals surface area contributed by atoms with E-state index in [0.29, 0.717) is 29.1 Å². The van der Waals surface area contributed by atoms with Crippen LogP contribution in [0.1, 0.15) is 46.0 Å². The number of carbonyl (C=O) groups excluding carboxylic acids is 1. The van der Waals surface area contributed by atoms with Crippen LogP contribution in [0.25, 0.3) is 0 Å². The smallest absolute Gasteiger partial charge is 0.341 e. The molecule has 2 aromatic carbocycles. The van der Waals surface area contributed by atoms with Gasteiger partial charge in [-0.3, -0.25) is 0 Å². The molecule has 0 aromatic heterocycles. The summed E-state index contributed by atoms with van der Waals surface area (Å²) >= 11 is 0. The molecule has 1 aliphatic carbocycles. The van der Waals surface area contributed by atoms with Gasteiger partial charge >= 0.3 is 12.0 Å². The minimum absolute atomic E-state index is 0.353. The van der Waals surface area contributed by atoms with Crippen LogP contribution in [0.5, 0.6) is 5.75 Å². The summed E-state index contributed by atoms with van der Waals surface area (Å²) in [5.74, 6) is -0.697. The van der Waals surface area contributed by atoms with Crippen LogP contribution < -0.4 is 20.3 Å². The van der Waals surface area contributed by atoms with Crippen molar-refractivity contribution in [3.8, 4) is 5.75 Å². The van der Waals surface area contributed by atoms with Gasteiger partial charge in [-0.2, -0.15) is 0 Å². The Balaban J connectivity index is 1.88. The van der Waals surface area contributed by atoms with Gasteiger partial charge in [0.1, 0.15) is 11.6 Å². The van der Waals surface area contributed by atoms with Gasteiger partial charge in [-0.1, -0.05) is 33.1 Å². The average Bonchev–Trinajstić information content (AvgIpc) is 2.78. The number of nitrogens with zero attached hydrogens (tertiary/aromatic N) is 1. The van der Waals surface area contributed by atoms with E-state index in [2.05, 4.69) is 29.4 Å². The summed E-state index contributed by atoms with van der Waals surface area (Å²) in [6, 6.07) is 10.7. The number of carbonyl (C=O) groups is 2. The number of rotatable bonds is 9. The lowest BCUT2D eigenvalue weighted by atomic mass is 9.93. The van der Waals surface area contributed by atoms with Gasteiger partial charge in [0.15, 0.2) is 6.61 Å². The van der Waals surface area contributed by atoms with E-state index in [9.17, 15) is 14.0 Å². The second-order valence-electron chi connectivity index (χ2n) is 8.79. The predicted octanol–water partition coefficient (Wildman–Crippen LogP) is 5.73. The molecule has 3 rings (SSSR count). The zero-order valence-corrected chi connectivity index (χ0v) is 19.1. The minimum atomic E-state index is -1.08. The van der Waals surface area contributed by atoms with Crippen LogP contribution in [-0.4, -0.2) is 36.3 Å². The van der Waals surface area contributed by atoms with Gasteiger partial charge in [0.25, 0.3) is 0 Å². The van der Waals surface area contributed by atoms with Gasteiger partial charge in [-0.05, 0) is 55.2 Å². The summed E-state index contributed by atoms with van der Waals surface area (Å²) < 4.78 is 18.5. The topological polar surface area (TPSA) is 90.9 Å². The summed E-state index contributed by atoms with van der Waals surface area (Å²) in [6.07, 6.45) is 5.76. The zero-order chi connectivity index (χ0) is 23.8. The van der Waals surface area contributed by atoms with Crippen molar-refractivity contribution in [1.29, 1.82) is 0 Å². The number of ether oxygens (including phenoxy) is 1. The number of anilines is 3. The lowest BCUT2D eigenvalue weighted by Crippen LogP contribution is -2.40.